The van der Waals surface area contributed by atoms with Crippen molar-refractivity contribution in [3.8, 4) is 0 Å². The normalized spacial score (nSPS) is 62.5. The molecule has 0 radical (unpaired) electrons. The summed E-state index contributed by atoms with van der Waals surface area (Å²) in [6.07, 6.45) is 7.64. The molecule has 4 rings (SSSR count). The van der Waals surface area contributed by atoms with Gasteiger partial charge in [-0.1, -0.05) is 22.9 Å². The van der Waals surface area contributed by atoms with Crippen LogP contribution < -0.4 is 0 Å². The highest BCUT2D eigenvalue weighted by molar-refractivity contribution is 9.09. The molecule has 0 aromatic carbocycles. The second kappa shape index (κ2) is 2.29. The molecule has 0 aliphatic heterocycles. The molecule has 0 nitrogen and oxygen atoms in total. The molecule has 12 heavy (non-hydrogen) atoms. The van der Waals surface area contributed by atoms with Gasteiger partial charge in [-0.05, 0) is 55.3 Å². The first-order valence-electron chi connectivity index (χ1n) is 5.31. The fourth-order valence-electron chi connectivity index (χ4n) is 4.39. The lowest BCUT2D eigenvalue weighted by atomic mass is 9.50. The second-order valence-electron chi connectivity index (χ2n) is 5.66. The lowest BCUT2D eigenvalue weighted by Crippen LogP contribution is -2.51. The van der Waals surface area contributed by atoms with Crippen molar-refractivity contribution in [1.82, 2.24) is 0 Å². The minimum absolute atomic E-state index is 0.675. The van der Waals surface area contributed by atoms with E-state index in [2.05, 4.69) is 22.9 Å². The summed E-state index contributed by atoms with van der Waals surface area (Å²) in [5.41, 5.74) is 0.675. The summed E-state index contributed by atoms with van der Waals surface area (Å²) in [5, 5.41) is 0. The molecule has 0 aromatic heterocycles. The van der Waals surface area contributed by atoms with Crippen LogP contribution in [0.3, 0.4) is 0 Å². The lowest BCUT2D eigenvalue weighted by Gasteiger charge is -2.58. The SMILES string of the molecule is CC12CC3CC(CC(C3)C1Br)C2. The Morgan fingerprint density at radius 1 is 1.08 bits per heavy atom. The Morgan fingerprint density at radius 2 is 1.67 bits per heavy atom. The van der Waals surface area contributed by atoms with E-state index < -0.39 is 0 Å². The topological polar surface area (TPSA) is 0 Å². The molecule has 4 aliphatic rings. The lowest BCUT2D eigenvalue weighted by molar-refractivity contribution is -0.0313. The maximum atomic E-state index is 3.94. The molecule has 4 saturated carbocycles. The second-order valence-corrected chi connectivity index (χ2v) is 6.65. The first-order valence-corrected chi connectivity index (χ1v) is 6.23. The van der Waals surface area contributed by atoms with Gasteiger partial charge in [0.1, 0.15) is 0 Å². The van der Waals surface area contributed by atoms with Crippen LogP contribution in [0.25, 0.3) is 0 Å². The zero-order chi connectivity index (χ0) is 8.34. The molecule has 4 aliphatic carbocycles. The first-order chi connectivity index (χ1) is 5.67. The summed E-state index contributed by atoms with van der Waals surface area (Å²) < 4.78 is 0. The monoisotopic (exact) mass is 228 g/mol. The Morgan fingerprint density at radius 3 is 2.17 bits per heavy atom. The summed E-state index contributed by atoms with van der Waals surface area (Å²) >= 11 is 3.94. The van der Waals surface area contributed by atoms with Gasteiger partial charge in [-0.25, -0.2) is 0 Å². The van der Waals surface area contributed by atoms with Gasteiger partial charge in [0.2, 0.25) is 0 Å². The summed E-state index contributed by atoms with van der Waals surface area (Å²) in [5.74, 6) is 3.23. The largest absolute Gasteiger partial charge is 0.0882 e. The van der Waals surface area contributed by atoms with E-state index >= 15 is 0 Å². The van der Waals surface area contributed by atoms with Crippen LogP contribution in [0.15, 0.2) is 0 Å². The fourth-order valence-corrected chi connectivity index (χ4v) is 5.19. The van der Waals surface area contributed by atoms with Crippen LogP contribution >= 0.6 is 15.9 Å². The molecule has 0 N–H and O–H groups in total. The Balaban J connectivity index is 1.97. The predicted octanol–water partition coefficient (Wildman–Crippen LogP) is 3.60. The zero-order valence-electron chi connectivity index (χ0n) is 7.72. The molecule has 0 amide bonds. The van der Waals surface area contributed by atoms with Crippen LogP contribution in [-0.2, 0) is 0 Å². The quantitative estimate of drug-likeness (QED) is 0.557. The molecule has 3 unspecified atom stereocenters. The van der Waals surface area contributed by atoms with Gasteiger partial charge in [-0.2, -0.15) is 0 Å². The van der Waals surface area contributed by atoms with Crippen molar-refractivity contribution < 1.29 is 0 Å². The number of halogens is 1. The fraction of sp³-hybridized carbons (Fsp3) is 1.00. The van der Waals surface area contributed by atoms with E-state index in [0.29, 0.717) is 5.41 Å². The standard InChI is InChI=1S/C11H17Br/c1-11-5-7-2-8(6-11)4-9(3-7)10(11)12/h7-10H,2-6H2,1H3. The van der Waals surface area contributed by atoms with Gasteiger partial charge in [-0.3, -0.25) is 0 Å². The maximum Gasteiger partial charge on any atom is 0.0228 e. The van der Waals surface area contributed by atoms with Crippen LogP contribution in [0.1, 0.15) is 39.0 Å². The molecule has 4 fully saturated rings. The molecule has 0 aromatic rings. The third kappa shape index (κ3) is 0.893. The molecule has 4 bridgehead atoms. The Bertz CT molecular complexity index is 197. The predicted molar refractivity (Wildman–Crippen MR) is 54.4 cm³/mol. The number of hydrogen-bond acceptors (Lipinski definition) is 0. The van der Waals surface area contributed by atoms with Gasteiger partial charge < -0.3 is 0 Å². The highest BCUT2D eigenvalue weighted by Gasteiger charge is 2.53. The molecule has 1 heteroatoms. The Kier molecular flexibility index (Phi) is 1.50. The molecule has 0 heterocycles. The minimum atomic E-state index is 0.675. The van der Waals surface area contributed by atoms with Crippen molar-refractivity contribution in [2.45, 2.75) is 43.9 Å². The van der Waals surface area contributed by atoms with Gasteiger partial charge in [0.25, 0.3) is 0 Å². The van der Waals surface area contributed by atoms with Crippen LogP contribution in [0.4, 0.5) is 0 Å². The Labute approximate surface area is 83.2 Å². The average molecular weight is 229 g/mol. The highest BCUT2D eigenvalue weighted by Crippen LogP contribution is 2.61. The molecule has 3 atom stereocenters. The van der Waals surface area contributed by atoms with Crippen LogP contribution in [-0.4, -0.2) is 4.83 Å². The summed E-state index contributed by atoms with van der Waals surface area (Å²) in [6.45, 7) is 2.51. The van der Waals surface area contributed by atoms with Gasteiger partial charge in [0, 0.05) is 4.83 Å². The van der Waals surface area contributed by atoms with Gasteiger partial charge in [-0.15, -0.1) is 0 Å². The highest BCUT2D eigenvalue weighted by atomic mass is 79.9. The van der Waals surface area contributed by atoms with E-state index in [4.69, 9.17) is 0 Å². The van der Waals surface area contributed by atoms with Crippen molar-refractivity contribution in [3.05, 3.63) is 0 Å². The van der Waals surface area contributed by atoms with E-state index in [9.17, 15) is 0 Å². The molecule has 0 saturated heterocycles. The van der Waals surface area contributed by atoms with Crippen molar-refractivity contribution >= 4 is 15.9 Å². The molecule has 0 spiro atoms. The molecular weight excluding hydrogens is 212 g/mol. The smallest absolute Gasteiger partial charge is 0.0228 e. The van der Waals surface area contributed by atoms with Gasteiger partial charge in [0.05, 0.1) is 0 Å². The molecule has 68 valence electrons. The zero-order valence-corrected chi connectivity index (χ0v) is 9.31. The summed E-state index contributed by atoms with van der Waals surface area (Å²) in [4.78, 5) is 0.845. The maximum absolute atomic E-state index is 3.94. The van der Waals surface area contributed by atoms with Crippen LogP contribution in [0, 0.1) is 23.2 Å². The number of rotatable bonds is 0. The molecular formula is C11H17Br. The van der Waals surface area contributed by atoms with Crippen molar-refractivity contribution in [2.24, 2.45) is 23.2 Å². The van der Waals surface area contributed by atoms with Crippen molar-refractivity contribution in [1.29, 1.82) is 0 Å². The third-order valence-corrected chi connectivity index (χ3v) is 6.38. The number of hydrogen-bond donors (Lipinski definition) is 0. The first kappa shape index (κ1) is 7.84. The minimum Gasteiger partial charge on any atom is -0.0882 e. The Hall–Kier alpha value is 0.480. The van der Waals surface area contributed by atoms with E-state index in [-0.39, 0.29) is 0 Å². The van der Waals surface area contributed by atoms with E-state index in [1.807, 2.05) is 0 Å². The van der Waals surface area contributed by atoms with E-state index in [1.54, 1.807) is 6.42 Å². The number of alkyl halides is 1. The van der Waals surface area contributed by atoms with E-state index in [1.165, 1.54) is 25.7 Å². The van der Waals surface area contributed by atoms with Crippen molar-refractivity contribution in [3.63, 3.8) is 0 Å². The van der Waals surface area contributed by atoms with Crippen molar-refractivity contribution in [2.75, 3.05) is 0 Å². The van der Waals surface area contributed by atoms with Crippen LogP contribution in [0.5, 0.6) is 0 Å². The van der Waals surface area contributed by atoms with Crippen LogP contribution in [0.2, 0.25) is 0 Å². The summed E-state index contributed by atoms with van der Waals surface area (Å²) in [7, 11) is 0. The van der Waals surface area contributed by atoms with Gasteiger partial charge >= 0.3 is 0 Å². The van der Waals surface area contributed by atoms with Gasteiger partial charge in [0.15, 0.2) is 0 Å². The third-order valence-electron chi connectivity index (χ3n) is 4.53. The average Bonchev–Trinajstić information content (AvgIpc) is 1.98. The summed E-state index contributed by atoms with van der Waals surface area (Å²) in [6, 6.07) is 0. The van der Waals surface area contributed by atoms with E-state index in [0.717, 1.165) is 22.6 Å².